The van der Waals surface area contributed by atoms with E-state index in [0.29, 0.717) is 6.54 Å². The molecular weight excluding hydrogens is 274 g/mol. The van der Waals surface area contributed by atoms with Crippen molar-refractivity contribution in [3.63, 3.8) is 0 Å². The molecule has 0 atom stereocenters. The topological polar surface area (TPSA) is 38.3 Å². The van der Waals surface area contributed by atoms with Gasteiger partial charge < -0.3 is 10.1 Å². The summed E-state index contributed by atoms with van der Waals surface area (Å²) in [6.07, 6.45) is 1.90. The smallest absolute Gasteiger partial charge is 0.257 e. The maximum atomic E-state index is 11.8. The van der Waals surface area contributed by atoms with Crippen molar-refractivity contribution < 1.29 is 9.53 Å². The second-order valence-corrected chi connectivity index (χ2v) is 5.50. The molecule has 3 heteroatoms. The monoisotopic (exact) mass is 297 g/mol. The van der Waals surface area contributed by atoms with Crippen molar-refractivity contribution >= 4 is 5.91 Å². The summed E-state index contributed by atoms with van der Waals surface area (Å²) >= 11 is 0. The zero-order valence-corrected chi connectivity index (χ0v) is 13.3. The molecule has 0 aromatic heterocycles. The van der Waals surface area contributed by atoms with Crippen molar-refractivity contribution in [2.75, 3.05) is 13.2 Å². The molecule has 0 heterocycles. The molecule has 3 nitrogen and oxygen atoms in total. The molecule has 2 aromatic carbocycles. The van der Waals surface area contributed by atoms with Crippen LogP contribution in [0.5, 0.6) is 5.75 Å². The summed E-state index contributed by atoms with van der Waals surface area (Å²) in [7, 11) is 0. The number of rotatable bonds is 7. The standard InChI is InChI=1S/C19H23NO2/c1-15-10-11-16(2)18(13-15)22-14-19(21)20-12-6-9-17-7-4-3-5-8-17/h3-5,7-8,10-11,13H,6,9,12,14H2,1-2H3,(H,20,21). The zero-order valence-electron chi connectivity index (χ0n) is 13.3. The largest absolute Gasteiger partial charge is 0.483 e. The minimum absolute atomic E-state index is 0.0651. The van der Waals surface area contributed by atoms with Gasteiger partial charge in [0.2, 0.25) is 0 Å². The second-order valence-electron chi connectivity index (χ2n) is 5.50. The number of carbonyl (C=O) groups is 1. The number of hydrogen-bond acceptors (Lipinski definition) is 2. The van der Waals surface area contributed by atoms with Crippen LogP contribution in [0.15, 0.2) is 48.5 Å². The van der Waals surface area contributed by atoms with Gasteiger partial charge in [0.25, 0.3) is 5.91 Å². The van der Waals surface area contributed by atoms with Crippen molar-refractivity contribution in [1.82, 2.24) is 5.32 Å². The molecule has 0 aliphatic carbocycles. The highest BCUT2D eigenvalue weighted by molar-refractivity contribution is 5.77. The Morgan fingerprint density at radius 1 is 1.09 bits per heavy atom. The quantitative estimate of drug-likeness (QED) is 0.795. The van der Waals surface area contributed by atoms with Gasteiger partial charge in [-0.2, -0.15) is 0 Å². The molecule has 0 saturated heterocycles. The fourth-order valence-corrected chi connectivity index (χ4v) is 2.22. The molecule has 2 aromatic rings. The summed E-state index contributed by atoms with van der Waals surface area (Å²) in [5.74, 6) is 0.702. The van der Waals surface area contributed by atoms with E-state index in [1.165, 1.54) is 5.56 Å². The van der Waals surface area contributed by atoms with E-state index in [9.17, 15) is 4.79 Å². The van der Waals surface area contributed by atoms with E-state index in [1.54, 1.807) is 0 Å². The first-order chi connectivity index (χ1) is 10.6. The summed E-state index contributed by atoms with van der Waals surface area (Å²) in [4.78, 5) is 11.8. The predicted octanol–water partition coefficient (Wildman–Crippen LogP) is 3.43. The predicted molar refractivity (Wildman–Crippen MR) is 89.2 cm³/mol. The molecule has 0 radical (unpaired) electrons. The lowest BCUT2D eigenvalue weighted by molar-refractivity contribution is -0.123. The van der Waals surface area contributed by atoms with Crippen LogP contribution in [0.3, 0.4) is 0 Å². The normalized spacial score (nSPS) is 10.3. The lowest BCUT2D eigenvalue weighted by atomic mass is 10.1. The van der Waals surface area contributed by atoms with Crippen molar-refractivity contribution in [3.05, 3.63) is 65.2 Å². The maximum Gasteiger partial charge on any atom is 0.257 e. The Morgan fingerprint density at radius 3 is 2.64 bits per heavy atom. The maximum absolute atomic E-state index is 11.8. The third kappa shape index (κ3) is 5.24. The Balaban J connectivity index is 1.67. The molecule has 0 unspecified atom stereocenters. The number of amides is 1. The van der Waals surface area contributed by atoms with Gasteiger partial charge >= 0.3 is 0 Å². The fraction of sp³-hybridized carbons (Fsp3) is 0.316. The van der Waals surface area contributed by atoms with Crippen LogP contribution < -0.4 is 10.1 Å². The zero-order chi connectivity index (χ0) is 15.8. The lowest BCUT2D eigenvalue weighted by Crippen LogP contribution is -2.30. The van der Waals surface area contributed by atoms with Crippen LogP contribution in [0.2, 0.25) is 0 Å². The van der Waals surface area contributed by atoms with E-state index >= 15 is 0 Å². The van der Waals surface area contributed by atoms with Crippen LogP contribution in [-0.4, -0.2) is 19.1 Å². The third-order valence-corrected chi connectivity index (χ3v) is 3.51. The molecule has 0 bridgehead atoms. The molecule has 0 saturated carbocycles. The number of nitrogens with one attached hydrogen (secondary N) is 1. The van der Waals surface area contributed by atoms with E-state index in [2.05, 4.69) is 17.4 Å². The van der Waals surface area contributed by atoms with E-state index in [-0.39, 0.29) is 12.5 Å². The Kier molecular flexibility index (Phi) is 6.01. The summed E-state index contributed by atoms with van der Waals surface area (Å²) in [5, 5.41) is 2.89. The number of carbonyl (C=O) groups excluding carboxylic acids is 1. The molecule has 1 amide bonds. The number of aryl methyl sites for hydroxylation is 3. The Hall–Kier alpha value is -2.29. The average molecular weight is 297 g/mol. The fourth-order valence-electron chi connectivity index (χ4n) is 2.22. The SMILES string of the molecule is Cc1ccc(C)c(OCC(=O)NCCCc2ccccc2)c1. The van der Waals surface area contributed by atoms with Crippen molar-refractivity contribution in [2.24, 2.45) is 0 Å². The summed E-state index contributed by atoms with van der Waals surface area (Å²) in [6.45, 7) is 4.72. The van der Waals surface area contributed by atoms with Gasteiger partial charge in [0.05, 0.1) is 0 Å². The Labute approximate surface area is 132 Å². The number of benzene rings is 2. The average Bonchev–Trinajstić information content (AvgIpc) is 2.53. The third-order valence-electron chi connectivity index (χ3n) is 3.51. The van der Waals surface area contributed by atoms with Crippen molar-refractivity contribution in [1.29, 1.82) is 0 Å². The minimum atomic E-state index is -0.0750. The van der Waals surface area contributed by atoms with E-state index < -0.39 is 0 Å². The molecule has 0 aliphatic rings. The van der Waals surface area contributed by atoms with Gasteiger partial charge in [-0.25, -0.2) is 0 Å². The van der Waals surface area contributed by atoms with Gasteiger partial charge in [-0.3, -0.25) is 4.79 Å². The molecular formula is C19H23NO2. The molecule has 116 valence electrons. The number of ether oxygens (including phenoxy) is 1. The van der Waals surface area contributed by atoms with Gasteiger partial charge in [0.15, 0.2) is 6.61 Å². The number of hydrogen-bond donors (Lipinski definition) is 1. The summed E-state index contributed by atoms with van der Waals surface area (Å²) < 4.78 is 5.58. The highest BCUT2D eigenvalue weighted by atomic mass is 16.5. The molecule has 0 spiro atoms. The van der Waals surface area contributed by atoms with Crippen molar-refractivity contribution in [2.45, 2.75) is 26.7 Å². The van der Waals surface area contributed by atoms with Crippen LogP contribution >= 0.6 is 0 Å². The summed E-state index contributed by atoms with van der Waals surface area (Å²) in [6, 6.07) is 16.3. The van der Waals surface area contributed by atoms with Gasteiger partial charge in [0.1, 0.15) is 5.75 Å². The Bertz CT molecular complexity index is 608. The van der Waals surface area contributed by atoms with Gasteiger partial charge in [0, 0.05) is 6.54 Å². The van der Waals surface area contributed by atoms with Gasteiger partial charge in [-0.05, 0) is 49.4 Å². The highest BCUT2D eigenvalue weighted by Gasteiger charge is 2.04. The lowest BCUT2D eigenvalue weighted by Gasteiger charge is -2.10. The molecule has 2 rings (SSSR count). The van der Waals surface area contributed by atoms with Gasteiger partial charge in [-0.15, -0.1) is 0 Å². The van der Waals surface area contributed by atoms with Crippen LogP contribution in [0.1, 0.15) is 23.1 Å². The van der Waals surface area contributed by atoms with Crippen LogP contribution in [0.4, 0.5) is 0 Å². The molecule has 0 fully saturated rings. The Morgan fingerprint density at radius 2 is 1.86 bits per heavy atom. The first-order valence-electron chi connectivity index (χ1n) is 7.66. The first kappa shape index (κ1) is 16.1. The van der Waals surface area contributed by atoms with Crippen LogP contribution in [0, 0.1) is 13.8 Å². The van der Waals surface area contributed by atoms with Crippen LogP contribution in [0.25, 0.3) is 0 Å². The first-order valence-corrected chi connectivity index (χ1v) is 7.66. The molecule has 22 heavy (non-hydrogen) atoms. The van der Waals surface area contributed by atoms with Gasteiger partial charge in [-0.1, -0.05) is 42.5 Å². The van der Waals surface area contributed by atoms with E-state index in [0.717, 1.165) is 29.7 Å². The summed E-state index contributed by atoms with van der Waals surface area (Å²) in [5.41, 5.74) is 3.47. The van der Waals surface area contributed by atoms with E-state index in [1.807, 2.05) is 50.2 Å². The van der Waals surface area contributed by atoms with Crippen LogP contribution in [-0.2, 0) is 11.2 Å². The molecule has 1 N–H and O–H groups in total. The second kappa shape index (κ2) is 8.23. The van der Waals surface area contributed by atoms with Crippen molar-refractivity contribution in [3.8, 4) is 5.75 Å². The minimum Gasteiger partial charge on any atom is -0.483 e. The highest BCUT2D eigenvalue weighted by Crippen LogP contribution is 2.18. The van der Waals surface area contributed by atoms with E-state index in [4.69, 9.17) is 4.74 Å². The molecule has 0 aliphatic heterocycles.